The van der Waals surface area contributed by atoms with Crippen LogP contribution in [0, 0.1) is 5.92 Å². The highest BCUT2D eigenvalue weighted by Crippen LogP contribution is 2.52. The number of benzene rings is 5. The zero-order valence-electron chi connectivity index (χ0n) is 38.0. The summed E-state index contributed by atoms with van der Waals surface area (Å²) in [5, 5.41) is 2.69. The van der Waals surface area contributed by atoms with Crippen LogP contribution >= 0.6 is 0 Å². The molecule has 1 saturated carbocycles. The van der Waals surface area contributed by atoms with E-state index in [1.807, 2.05) is 0 Å². The van der Waals surface area contributed by atoms with Crippen LogP contribution in [0.2, 0.25) is 0 Å². The third-order valence-electron chi connectivity index (χ3n) is 15.8. The molecule has 12 rings (SSSR count). The molecule has 4 nitrogen and oxygen atoms in total. The molecule has 326 valence electrons. The molecule has 4 heteroatoms. The minimum Gasteiger partial charge on any atom is -0.339 e. The van der Waals surface area contributed by atoms with Crippen LogP contribution < -0.4 is 14.7 Å². The van der Waals surface area contributed by atoms with Crippen LogP contribution in [0.25, 0.3) is 21.8 Å². The van der Waals surface area contributed by atoms with Gasteiger partial charge in [0.05, 0.1) is 11.6 Å². The maximum absolute atomic E-state index is 2.73. The lowest BCUT2D eigenvalue weighted by atomic mass is 9.80. The van der Waals surface area contributed by atoms with Crippen LogP contribution in [0.1, 0.15) is 113 Å². The highest BCUT2D eigenvalue weighted by Gasteiger charge is 2.43. The van der Waals surface area contributed by atoms with Gasteiger partial charge in [-0.05, 0) is 167 Å². The zero-order valence-corrected chi connectivity index (χ0v) is 38.0. The molecule has 1 aromatic heterocycles. The molecule has 65 heavy (non-hydrogen) atoms. The first kappa shape index (κ1) is 40.3. The van der Waals surface area contributed by atoms with E-state index in [1.54, 1.807) is 0 Å². The van der Waals surface area contributed by atoms with Crippen molar-refractivity contribution in [1.82, 2.24) is 4.57 Å². The number of aromatic nitrogens is 1. The topological polar surface area (TPSA) is 14.7 Å². The van der Waals surface area contributed by atoms with E-state index in [2.05, 4.69) is 202 Å². The van der Waals surface area contributed by atoms with Crippen LogP contribution in [0.5, 0.6) is 0 Å². The number of fused-ring (bicyclic) bond motifs is 6. The molecular weight excluding hydrogens is 789 g/mol. The summed E-state index contributed by atoms with van der Waals surface area (Å²) in [6.07, 6.45) is 37.7. The Balaban J connectivity index is 0.830. The first-order valence-electron chi connectivity index (χ1n) is 24.9. The molecule has 0 spiro atoms. The number of anilines is 5. The lowest BCUT2D eigenvalue weighted by Gasteiger charge is -2.40. The van der Waals surface area contributed by atoms with Gasteiger partial charge in [0.15, 0.2) is 0 Å². The van der Waals surface area contributed by atoms with Crippen LogP contribution in [0.4, 0.5) is 28.4 Å². The van der Waals surface area contributed by atoms with Crippen LogP contribution in [-0.4, -0.2) is 16.7 Å². The standard InChI is InChI=1S/C61H62N4/c1-43-17-16-27-57-56-40-38-53(42-60(56)65(61(43)57)49-24-12-5-13-25-49)63(47-20-8-3-9-21-47)51-35-31-45(32-36-51)44-29-33-50(34-30-44)62(46-18-6-2-7-19-46)52-37-39-55-54-26-14-15-28-58(54)64(59(55)41-52)48-22-10-4-11-23-48/h2,5-6,8,10,12-16,18,20-22,24-30,33-34,37-43,45,48,51,57,61H,3-4,7,9,11,17,19,23,31-32,35-36H2,1H3. The number of rotatable bonds is 9. The van der Waals surface area contributed by atoms with Crippen molar-refractivity contribution in [3.05, 3.63) is 199 Å². The maximum Gasteiger partial charge on any atom is 0.0522 e. The van der Waals surface area contributed by atoms with Gasteiger partial charge in [0, 0.05) is 74.1 Å². The predicted octanol–water partition coefficient (Wildman–Crippen LogP) is 16.4. The molecule has 6 aromatic rings. The monoisotopic (exact) mass is 850 g/mol. The van der Waals surface area contributed by atoms with Crippen molar-refractivity contribution in [2.75, 3.05) is 14.7 Å². The fourth-order valence-corrected chi connectivity index (χ4v) is 12.6. The maximum atomic E-state index is 2.73. The summed E-state index contributed by atoms with van der Waals surface area (Å²) in [6.45, 7) is 2.44. The quantitative estimate of drug-likeness (QED) is 0.135. The highest BCUT2D eigenvalue weighted by molar-refractivity contribution is 6.09. The lowest BCUT2D eigenvalue weighted by Crippen LogP contribution is -2.38. The molecule has 5 aliphatic carbocycles. The summed E-state index contributed by atoms with van der Waals surface area (Å²) in [5.41, 5.74) is 14.9. The molecule has 0 radical (unpaired) electrons. The molecule has 4 atom stereocenters. The second-order valence-electron chi connectivity index (χ2n) is 19.7. The van der Waals surface area contributed by atoms with Gasteiger partial charge in [-0.1, -0.05) is 116 Å². The van der Waals surface area contributed by atoms with Gasteiger partial charge >= 0.3 is 0 Å². The lowest BCUT2D eigenvalue weighted by molar-refractivity contribution is 0.387. The molecule has 2 heterocycles. The van der Waals surface area contributed by atoms with Gasteiger partial charge in [0.2, 0.25) is 0 Å². The van der Waals surface area contributed by atoms with E-state index in [0.29, 0.717) is 35.9 Å². The second-order valence-corrected chi connectivity index (χ2v) is 19.7. The molecule has 0 N–H and O–H groups in total. The fourth-order valence-electron chi connectivity index (χ4n) is 12.6. The minimum absolute atomic E-state index is 0.383. The Kier molecular flexibility index (Phi) is 10.7. The molecule has 1 aliphatic heterocycles. The molecule has 0 amide bonds. The summed E-state index contributed by atoms with van der Waals surface area (Å²) in [7, 11) is 0. The van der Waals surface area contributed by atoms with Crippen molar-refractivity contribution >= 4 is 50.2 Å². The van der Waals surface area contributed by atoms with Gasteiger partial charge in [-0.2, -0.15) is 0 Å². The Morgan fingerprint density at radius 2 is 1.45 bits per heavy atom. The van der Waals surface area contributed by atoms with Gasteiger partial charge in [0.1, 0.15) is 0 Å². The zero-order chi connectivity index (χ0) is 43.3. The number of hydrogen-bond acceptors (Lipinski definition) is 3. The van der Waals surface area contributed by atoms with E-state index in [4.69, 9.17) is 0 Å². The van der Waals surface area contributed by atoms with Crippen molar-refractivity contribution in [3.8, 4) is 0 Å². The van der Waals surface area contributed by atoms with E-state index in [0.717, 1.165) is 32.1 Å². The summed E-state index contributed by atoms with van der Waals surface area (Å²) in [4.78, 5) is 7.94. The summed E-state index contributed by atoms with van der Waals surface area (Å²) >= 11 is 0. The average Bonchev–Trinajstić information content (AvgIpc) is 3.89. The first-order chi connectivity index (χ1) is 32.2. The van der Waals surface area contributed by atoms with Gasteiger partial charge in [0.25, 0.3) is 0 Å². The van der Waals surface area contributed by atoms with Crippen molar-refractivity contribution in [2.24, 2.45) is 5.92 Å². The van der Waals surface area contributed by atoms with Crippen LogP contribution in [0.15, 0.2) is 187 Å². The Labute approximate surface area is 386 Å². The van der Waals surface area contributed by atoms with Gasteiger partial charge in [-0.3, -0.25) is 0 Å². The molecule has 4 unspecified atom stereocenters. The average molecular weight is 851 g/mol. The molecule has 0 bridgehead atoms. The van der Waals surface area contributed by atoms with E-state index in [9.17, 15) is 0 Å². The van der Waals surface area contributed by atoms with Gasteiger partial charge in [-0.15, -0.1) is 0 Å². The summed E-state index contributed by atoms with van der Waals surface area (Å²) in [6, 6.07) is 45.8. The number of allylic oxidation sites excluding steroid dienone is 10. The van der Waals surface area contributed by atoms with Crippen LogP contribution in [0.3, 0.4) is 0 Å². The number of nitrogens with zero attached hydrogens (tertiary/aromatic N) is 4. The third kappa shape index (κ3) is 7.30. The normalized spacial score (nSPS) is 24.8. The minimum atomic E-state index is 0.383. The Morgan fingerprint density at radius 1 is 0.631 bits per heavy atom. The van der Waals surface area contributed by atoms with Crippen LogP contribution in [-0.2, 0) is 0 Å². The fraction of sp³-hybridized carbons (Fsp3) is 0.311. The molecule has 6 aliphatic rings. The largest absolute Gasteiger partial charge is 0.339 e. The predicted molar refractivity (Wildman–Crippen MR) is 275 cm³/mol. The first-order valence-corrected chi connectivity index (χ1v) is 24.9. The van der Waals surface area contributed by atoms with Crippen molar-refractivity contribution in [3.63, 3.8) is 0 Å². The molecular formula is C61H62N4. The van der Waals surface area contributed by atoms with Crippen molar-refractivity contribution < 1.29 is 0 Å². The summed E-state index contributed by atoms with van der Waals surface area (Å²) in [5.74, 6) is 1.57. The van der Waals surface area contributed by atoms with Gasteiger partial charge in [-0.25, -0.2) is 0 Å². The van der Waals surface area contributed by atoms with Crippen molar-refractivity contribution in [2.45, 2.75) is 114 Å². The van der Waals surface area contributed by atoms with E-state index in [1.165, 1.54) is 118 Å². The SMILES string of the molecule is CC1CC=CC2c3ccc(N(C4=CCCC=C4)C4CCC(c5ccc(N(C6=CC=CCC6)c6ccc7c8ccccc8n(C8C=CCCC8)c7c6)cc5)CC4)cc3N(c3ccccc3)C12. The highest BCUT2D eigenvalue weighted by atomic mass is 15.2. The Bertz CT molecular complexity index is 2900. The van der Waals surface area contributed by atoms with E-state index < -0.39 is 0 Å². The van der Waals surface area contributed by atoms with E-state index in [-0.39, 0.29) is 0 Å². The van der Waals surface area contributed by atoms with Gasteiger partial charge < -0.3 is 19.3 Å². The number of hydrogen-bond donors (Lipinski definition) is 0. The molecule has 5 aromatic carbocycles. The smallest absolute Gasteiger partial charge is 0.0522 e. The molecule has 0 saturated heterocycles. The van der Waals surface area contributed by atoms with Crippen molar-refractivity contribution in [1.29, 1.82) is 0 Å². The Morgan fingerprint density at radius 3 is 2.25 bits per heavy atom. The number of para-hydroxylation sites is 2. The second kappa shape index (κ2) is 17.3. The summed E-state index contributed by atoms with van der Waals surface area (Å²) < 4.78 is 2.62. The van der Waals surface area contributed by atoms with E-state index >= 15 is 0 Å². The molecule has 1 fully saturated rings. The Hall–Kier alpha value is -6.26. The third-order valence-corrected chi connectivity index (χ3v) is 15.8.